The predicted octanol–water partition coefficient (Wildman–Crippen LogP) is -0.222. The Bertz CT molecular complexity index is 1290. The molecule has 232 valence electrons. The van der Waals surface area contributed by atoms with Crippen LogP contribution in [0.25, 0.3) is 11.4 Å². The van der Waals surface area contributed by atoms with Gasteiger partial charge in [0.25, 0.3) is 6.43 Å². The van der Waals surface area contributed by atoms with Gasteiger partial charge in [0, 0.05) is 58.6 Å². The number of nitrogens with two attached hydrogens (primary N) is 1. The third kappa shape index (κ3) is 8.27. The van der Waals surface area contributed by atoms with Gasteiger partial charge in [0.1, 0.15) is 5.69 Å². The van der Waals surface area contributed by atoms with E-state index < -0.39 is 12.1 Å². The molecule has 0 radical (unpaired) electrons. The van der Waals surface area contributed by atoms with E-state index in [1.165, 1.54) is 12.3 Å². The highest BCUT2D eigenvalue weighted by molar-refractivity contribution is 5.90. The molecule has 43 heavy (non-hydrogen) atoms. The lowest BCUT2D eigenvalue weighted by Crippen LogP contribution is -2.55. The van der Waals surface area contributed by atoms with E-state index in [2.05, 4.69) is 42.1 Å². The number of nitrogen functional groups attached to an aromatic ring is 1. The zero-order valence-electron chi connectivity index (χ0n) is 23.6. The summed E-state index contributed by atoms with van der Waals surface area (Å²) in [6.07, 6.45) is 1.28. The van der Waals surface area contributed by atoms with Crippen LogP contribution < -0.4 is 26.2 Å². The van der Waals surface area contributed by atoms with Crippen molar-refractivity contribution < 1.29 is 27.9 Å². The van der Waals surface area contributed by atoms with Crippen molar-refractivity contribution in [3.05, 3.63) is 24.5 Å². The van der Waals surface area contributed by atoms with Crippen LogP contribution in [-0.2, 0) is 19.1 Å². The number of anilines is 3. The Balaban J connectivity index is 1.49. The summed E-state index contributed by atoms with van der Waals surface area (Å²) < 4.78 is 33.3. The van der Waals surface area contributed by atoms with Gasteiger partial charge < -0.3 is 35.8 Å². The molecule has 4 rings (SSSR count). The molecule has 0 aliphatic carbocycles. The number of carbonyl (C=O) groups is 3. The highest BCUT2D eigenvalue weighted by atomic mass is 19.3. The number of amides is 3. The number of aromatic nitrogens is 5. The molecule has 2 aromatic rings. The Morgan fingerprint density at radius 3 is 2.60 bits per heavy atom. The highest BCUT2D eigenvalue weighted by Crippen LogP contribution is 2.29. The predicted molar refractivity (Wildman–Crippen MR) is 152 cm³/mol. The first-order chi connectivity index (χ1) is 20.8. The van der Waals surface area contributed by atoms with Gasteiger partial charge in [-0.05, 0) is 18.9 Å². The minimum absolute atomic E-state index is 0.0353. The van der Waals surface area contributed by atoms with Crippen molar-refractivity contribution in [3.63, 3.8) is 0 Å². The number of hydrogen-bond acceptors (Lipinski definition) is 12. The number of likely N-dealkylation sites (tertiary alicyclic amines) is 1. The van der Waals surface area contributed by atoms with Gasteiger partial charge in [0.15, 0.2) is 5.82 Å². The number of nitrogens with zero attached hydrogens (tertiary/aromatic N) is 8. The second-order valence-corrected chi connectivity index (χ2v) is 9.89. The number of carbonyl (C=O) groups excluding carboxylic acids is 3. The number of nitrogens with one attached hydrogen (secondary N) is 2. The van der Waals surface area contributed by atoms with Gasteiger partial charge in [-0.25, -0.2) is 18.7 Å². The third-order valence-electron chi connectivity index (χ3n) is 6.98. The van der Waals surface area contributed by atoms with E-state index in [0.29, 0.717) is 78.3 Å². The Morgan fingerprint density at radius 1 is 1.14 bits per heavy atom. The van der Waals surface area contributed by atoms with Crippen LogP contribution in [-0.4, -0.2) is 114 Å². The van der Waals surface area contributed by atoms with Crippen LogP contribution >= 0.6 is 0 Å². The van der Waals surface area contributed by atoms with Crippen LogP contribution in [0.3, 0.4) is 0 Å². The maximum Gasteiger partial charge on any atom is 0.281 e. The minimum atomic E-state index is -2.94. The lowest BCUT2D eigenvalue weighted by Gasteiger charge is -2.37. The topological polar surface area (TPSA) is 185 Å². The normalized spacial score (nSPS) is 15.1. The van der Waals surface area contributed by atoms with Gasteiger partial charge >= 0.3 is 0 Å². The molecule has 2 fully saturated rings. The van der Waals surface area contributed by atoms with Crippen molar-refractivity contribution in [3.8, 4) is 11.4 Å². The Hall–Kier alpha value is -4.54. The smallest absolute Gasteiger partial charge is 0.281 e. The molecular formula is C26H35F2N11O4. The van der Waals surface area contributed by atoms with Crippen molar-refractivity contribution in [2.75, 3.05) is 81.1 Å². The van der Waals surface area contributed by atoms with Crippen molar-refractivity contribution in [1.82, 2.24) is 40.5 Å². The fourth-order valence-corrected chi connectivity index (χ4v) is 4.58. The number of hydrogen-bond donors (Lipinski definition) is 3. The van der Waals surface area contributed by atoms with Crippen molar-refractivity contribution in [2.24, 2.45) is 5.92 Å². The molecule has 3 amide bonds. The zero-order valence-corrected chi connectivity index (χ0v) is 23.6. The Labute approximate surface area is 246 Å². The average Bonchev–Trinajstić information content (AvgIpc) is 2.99. The van der Waals surface area contributed by atoms with Crippen LogP contribution in [0.1, 0.15) is 25.0 Å². The Morgan fingerprint density at radius 2 is 1.91 bits per heavy atom. The number of rotatable bonds is 15. The summed E-state index contributed by atoms with van der Waals surface area (Å²) in [7, 11) is 0. The number of halogens is 2. The first-order valence-corrected chi connectivity index (χ1v) is 13.9. The molecule has 4 N–H and O–H groups in total. The second kappa shape index (κ2) is 15.1. The van der Waals surface area contributed by atoms with Crippen LogP contribution in [0.4, 0.5) is 26.6 Å². The lowest BCUT2D eigenvalue weighted by molar-refractivity contribution is -0.139. The van der Waals surface area contributed by atoms with Crippen LogP contribution in [0.5, 0.6) is 0 Å². The molecule has 4 heterocycles. The van der Waals surface area contributed by atoms with E-state index in [4.69, 9.17) is 10.5 Å². The minimum Gasteiger partial charge on any atom is -0.378 e. The standard InChI is InChI=1S/C26H35F2N11O4/c1-2-19(41)39-14-17(15-39)23(42)31-5-3-4-7-37(8-6-30-16-40)25-34-22(18-13-32-24(29)33-20(18)21(27)28)35-26(36-25)38-9-11-43-12-10-38/h2,13,16-17,21H,1,3-12,14-15H2,(H,30,40)(H,31,42)(H2,29,32,33). The van der Waals surface area contributed by atoms with Crippen molar-refractivity contribution >= 4 is 36.1 Å². The summed E-state index contributed by atoms with van der Waals surface area (Å²) in [5, 5.41) is 5.51. The quantitative estimate of drug-likeness (QED) is 0.138. The maximum absolute atomic E-state index is 13.9. The molecule has 2 aliphatic rings. The van der Waals surface area contributed by atoms with Crippen LogP contribution in [0, 0.1) is 5.92 Å². The van der Waals surface area contributed by atoms with E-state index >= 15 is 0 Å². The second-order valence-electron chi connectivity index (χ2n) is 9.89. The van der Waals surface area contributed by atoms with E-state index in [0.717, 1.165) is 0 Å². The van der Waals surface area contributed by atoms with E-state index in [9.17, 15) is 23.2 Å². The largest absolute Gasteiger partial charge is 0.378 e. The van der Waals surface area contributed by atoms with E-state index in [-0.39, 0.29) is 53.5 Å². The molecular weight excluding hydrogens is 568 g/mol. The monoisotopic (exact) mass is 603 g/mol. The summed E-state index contributed by atoms with van der Waals surface area (Å²) >= 11 is 0. The molecule has 17 heteroatoms. The van der Waals surface area contributed by atoms with Crippen LogP contribution in [0.15, 0.2) is 18.9 Å². The molecule has 0 spiro atoms. The molecule has 2 aromatic heterocycles. The van der Waals surface area contributed by atoms with E-state index in [1.54, 1.807) is 4.90 Å². The molecule has 0 saturated carbocycles. The highest BCUT2D eigenvalue weighted by Gasteiger charge is 2.34. The molecule has 0 unspecified atom stereocenters. The molecule has 0 atom stereocenters. The number of ether oxygens (including phenoxy) is 1. The van der Waals surface area contributed by atoms with Gasteiger partial charge in [0.2, 0.25) is 36.1 Å². The molecule has 0 bridgehead atoms. The fraction of sp³-hybridized carbons (Fsp3) is 0.538. The molecule has 2 saturated heterocycles. The number of alkyl halides is 2. The molecule has 15 nitrogen and oxygen atoms in total. The molecule has 0 aromatic carbocycles. The average molecular weight is 604 g/mol. The van der Waals surface area contributed by atoms with Crippen molar-refractivity contribution in [2.45, 2.75) is 19.3 Å². The molecule has 2 aliphatic heterocycles. The summed E-state index contributed by atoms with van der Waals surface area (Å²) in [5.74, 6) is -0.374. The SMILES string of the molecule is C=CC(=O)N1CC(C(=O)NCCCCN(CCNC=O)c2nc(-c3cnc(N)nc3C(F)F)nc(N3CCOCC3)n2)C1. The van der Waals surface area contributed by atoms with Gasteiger partial charge in [0.05, 0.1) is 24.7 Å². The first-order valence-electron chi connectivity index (χ1n) is 13.9. The van der Waals surface area contributed by atoms with E-state index in [1.807, 2.05) is 9.80 Å². The fourth-order valence-electron chi connectivity index (χ4n) is 4.58. The first kappa shape index (κ1) is 31.4. The lowest BCUT2D eigenvalue weighted by atomic mass is 9.99. The summed E-state index contributed by atoms with van der Waals surface area (Å²) in [4.78, 5) is 61.4. The maximum atomic E-state index is 13.9. The summed E-state index contributed by atoms with van der Waals surface area (Å²) in [6.45, 7) is 7.55. The number of morpholine rings is 1. The van der Waals surface area contributed by atoms with Gasteiger partial charge in [-0.15, -0.1) is 0 Å². The van der Waals surface area contributed by atoms with Crippen LogP contribution in [0.2, 0.25) is 0 Å². The number of unbranched alkanes of at least 4 members (excludes halogenated alkanes) is 1. The van der Waals surface area contributed by atoms with Gasteiger partial charge in [-0.2, -0.15) is 15.0 Å². The summed E-state index contributed by atoms with van der Waals surface area (Å²) in [5.41, 5.74) is 4.91. The zero-order chi connectivity index (χ0) is 30.8. The van der Waals surface area contributed by atoms with Gasteiger partial charge in [-0.1, -0.05) is 6.58 Å². The third-order valence-corrected chi connectivity index (χ3v) is 6.98. The van der Waals surface area contributed by atoms with Gasteiger partial charge in [-0.3, -0.25) is 14.4 Å². The van der Waals surface area contributed by atoms with Crippen molar-refractivity contribution in [1.29, 1.82) is 0 Å². The summed E-state index contributed by atoms with van der Waals surface area (Å²) in [6, 6.07) is 0. The Kier molecular flexibility index (Phi) is 11.0.